The Hall–Kier alpha value is -1.90. The van der Waals surface area contributed by atoms with Gasteiger partial charge in [-0.15, -0.1) is 0 Å². The second-order valence-corrected chi connectivity index (χ2v) is 7.50. The average molecular weight is 393 g/mol. The highest BCUT2D eigenvalue weighted by Gasteiger charge is 2.24. The Morgan fingerprint density at radius 3 is 2.50 bits per heavy atom. The first-order chi connectivity index (χ1) is 11.1. The van der Waals surface area contributed by atoms with Crippen LogP contribution in [-0.2, 0) is 14.6 Å². The van der Waals surface area contributed by atoms with Gasteiger partial charge in [-0.05, 0) is 18.2 Å². The highest BCUT2D eigenvalue weighted by Crippen LogP contribution is 2.34. The van der Waals surface area contributed by atoms with Crippen molar-refractivity contribution < 1.29 is 22.3 Å². The van der Waals surface area contributed by atoms with Gasteiger partial charge in [0.15, 0.2) is 21.3 Å². The molecule has 1 heterocycles. The molecule has 0 saturated heterocycles. The molecule has 0 amide bonds. The quantitative estimate of drug-likeness (QED) is 0.805. The standard InChI is InChI=1S/C14H11Cl2FN2O4S/c1-23-14(20)12-10(16)8(18)5-9(19-12)6-3-4-7(15)13(11(6)17)24(2,21)22/h3-5H,1-2H3,(H2,18,19). The molecule has 0 aliphatic heterocycles. The number of rotatable bonds is 3. The van der Waals surface area contributed by atoms with E-state index in [9.17, 15) is 17.6 Å². The van der Waals surface area contributed by atoms with Gasteiger partial charge in [0, 0.05) is 11.8 Å². The molecule has 2 N–H and O–H groups in total. The Bertz CT molecular complexity index is 948. The van der Waals surface area contributed by atoms with Gasteiger partial charge in [-0.1, -0.05) is 23.2 Å². The molecule has 10 heteroatoms. The maximum atomic E-state index is 14.7. The van der Waals surface area contributed by atoms with Crippen molar-refractivity contribution >= 4 is 44.7 Å². The number of carbonyl (C=O) groups is 1. The Morgan fingerprint density at radius 1 is 1.33 bits per heavy atom. The summed E-state index contributed by atoms with van der Waals surface area (Å²) in [5.41, 5.74) is 5.06. The summed E-state index contributed by atoms with van der Waals surface area (Å²) in [5, 5.41) is -0.419. The van der Waals surface area contributed by atoms with Crippen LogP contribution < -0.4 is 5.73 Å². The summed E-state index contributed by atoms with van der Waals surface area (Å²) >= 11 is 11.7. The number of hydrogen-bond donors (Lipinski definition) is 1. The minimum absolute atomic E-state index is 0.0441. The van der Waals surface area contributed by atoms with Crippen LogP contribution in [0, 0.1) is 5.82 Å². The molecule has 0 spiro atoms. The van der Waals surface area contributed by atoms with Crippen LogP contribution in [0.25, 0.3) is 11.3 Å². The fraction of sp³-hybridized carbons (Fsp3) is 0.143. The smallest absolute Gasteiger partial charge is 0.358 e. The van der Waals surface area contributed by atoms with Gasteiger partial charge in [-0.3, -0.25) is 0 Å². The number of nitrogens with zero attached hydrogens (tertiary/aromatic N) is 1. The van der Waals surface area contributed by atoms with Crippen molar-refractivity contribution in [2.75, 3.05) is 19.1 Å². The lowest BCUT2D eigenvalue weighted by molar-refractivity contribution is 0.0594. The van der Waals surface area contributed by atoms with Crippen molar-refractivity contribution in [3.8, 4) is 11.3 Å². The number of nitrogens with two attached hydrogens (primary N) is 1. The number of esters is 1. The van der Waals surface area contributed by atoms with Gasteiger partial charge in [0.1, 0.15) is 4.90 Å². The molecular formula is C14H11Cl2FN2O4S. The zero-order valence-electron chi connectivity index (χ0n) is 12.4. The molecule has 2 aromatic rings. The number of benzene rings is 1. The fourth-order valence-corrected chi connectivity index (χ4v) is 3.59. The molecule has 0 atom stereocenters. The molecule has 0 radical (unpaired) electrons. The second-order valence-electron chi connectivity index (χ2n) is 4.76. The molecule has 0 unspecified atom stereocenters. The number of halogens is 3. The zero-order valence-corrected chi connectivity index (χ0v) is 14.8. The first-order valence-corrected chi connectivity index (χ1v) is 8.95. The first kappa shape index (κ1) is 18.4. The van der Waals surface area contributed by atoms with Gasteiger partial charge in [0.05, 0.1) is 28.5 Å². The van der Waals surface area contributed by atoms with Gasteiger partial charge < -0.3 is 10.5 Å². The maximum absolute atomic E-state index is 14.7. The van der Waals surface area contributed by atoms with Gasteiger partial charge in [-0.2, -0.15) is 0 Å². The number of nitrogen functional groups attached to an aromatic ring is 1. The average Bonchev–Trinajstić information content (AvgIpc) is 2.48. The van der Waals surface area contributed by atoms with Crippen LogP contribution in [0.3, 0.4) is 0 Å². The number of sulfone groups is 1. The summed E-state index contributed by atoms with van der Waals surface area (Å²) in [6, 6.07) is 3.65. The molecule has 1 aromatic carbocycles. The predicted octanol–water partition coefficient (Wildman–Crippen LogP) is 2.97. The van der Waals surface area contributed by atoms with Crippen molar-refractivity contribution in [2.24, 2.45) is 0 Å². The van der Waals surface area contributed by atoms with E-state index in [1.165, 1.54) is 18.2 Å². The lowest BCUT2D eigenvalue weighted by atomic mass is 10.1. The van der Waals surface area contributed by atoms with Crippen LogP contribution in [0.1, 0.15) is 10.5 Å². The van der Waals surface area contributed by atoms with Crippen molar-refractivity contribution in [3.63, 3.8) is 0 Å². The Kier molecular flexibility index (Phi) is 5.03. The highest BCUT2D eigenvalue weighted by atomic mass is 35.5. The Labute approximate surface area is 147 Å². The van der Waals surface area contributed by atoms with Crippen LogP contribution in [0.2, 0.25) is 10.0 Å². The van der Waals surface area contributed by atoms with Gasteiger partial charge >= 0.3 is 5.97 Å². The second kappa shape index (κ2) is 6.54. The van der Waals surface area contributed by atoms with Gasteiger partial charge in [0.2, 0.25) is 0 Å². The third-order valence-corrected chi connectivity index (χ3v) is 5.03. The summed E-state index contributed by atoms with van der Waals surface area (Å²) in [6.45, 7) is 0. The topological polar surface area (TPSA) is 99.3 Å². The predicted molar refractivity (Wildman–Crippen MR) is 88.5 cm³/mol. The molecule has 0 aliphatic rings. The molecule has 2 rings (SSSR count). The molecule has 128 valence electrons. The summed E-state index contributed by atoms with van der Waals surface area (Å²) in [5.74, 6) is -1.97. The van der Waals surface area contributed by atoms with E-state index in [2.05, 4.69) is 9.72 Å². The molecule has 0 bridgehead atoms. The van der Waals surface area contributed by atoms with Crippen LogP contribution in [0.4, 0.5) is 10.1 Å². The van der Waals surface area contributed by atoms with E-state index in [4.69, 9.17) is 28.9 Å². The largest absolute Gasteiger partial charge is 0.464 e. The van der Waals surface area contributed by atoms with Gasteiger partial charge in [-0.25, -0.2) is 22.6 Å². The number of aromatic nitrogens is 1. The third kappa shape index (κ3) is 3.31. The van der Waals surface area contributed by atoms with Crippen LogP contribution in [-0.4, -0.2) is 32.7 Å². The van der Waals surface area contributed by atoms with E-state index in [0.29, 0.717) is 0 Å². The van der Waals surface area contributed by atoms with E-state index in [-0.39, 0.29) is 32.7 Å². The number of carbonyl (C=O) groups excluding carboxylic acids is 1. The normalized spacial score (nSPS) is 11.4. The third-order valence-electron chi connectivity index (χ3n) is 3.06. The van der Waals surface area contributed by atoms with Crippen molar-refractivity contribution in [1.82, 2.24) is 4.98 Å². The number of methoxy groups -OCH3 is 1. The lowest BCUT2D eigenvalue weighted by Crippen LogP contribution is -2.09. The minimum atomic E-state index is -3.93. The molecule has 0 aliphatic carbocycles. The van der Waals surface area contributed by atoms with E-state index >= 15 is 0 Å². The molecule has 1 aromatic heterocycles. The lowest BCUT2D eigenvalue weighted by Gasteiger charge is -2.11. The van der Waals surface area contributed by atoms with Gasteiger partial charge in [0.25, 0.3) is 0 Å². The number of hydrogen-bond acceptors (Lipinski definition) is 6. The molecule has 24 heavy (non-hydrogen) atoms. The maximum Gasteiger partial charge on any atom is 0.358 e. The summed E-state index contributed by atoms with van der Waals surface area (Å²) in [7, 11) is -2.81. The van der Waals surface area contributed by atoms with Crippen LogP contribution in [0.15, 0.2) is 23.1 Å². The first-order valence-electron chi connectivity index (χ1n) is 6.30. The van der Waals surface area contributed by atoms with Crippen LogP contribution >= 0.6 is 23.2 Å². The zero-order chi connectivity index (χ0) is 18.2. The summed E-state index contributed by atoms with van der Waals surface area (Å²) in [4.78, 5) is 15.0. The molecule has 0 saturated carbocycles. The highest BCUT2D eigenvalue weighted by molar-refractivity contribution is 7.90. The Morgan fingerprint density at radius 2 is 1.96 bits per heavy atom. The molecule has 0 fully saturated rings. The summed E-state index contributed by atoms with van der Waals surface area (Å²) < 4.78 is 42.7. The fourth-order valence-electron chi connectivity index (χ4n) is 1.99. The van der Waals surface area contributed by atoms with E-state index < -0.39 is 26.5 Å². The minimum Gasteiger partial charge on any atom is -0.464 e. The molecule has 6 nitrogen and oxygen atoms in total. The summed E-state index contributed by atoms with van der Waals surface area (Å²) in [6.07, 6.45) is 0.824. The number of ether oxygens (including phenoxy) is 1. The van der Waals surface area contributed by atoms with Crippen molar-refractivity contribution in [2.45, 2.75) is 4.90 Å². The molecular weight excluding hydrogens is 382 g/mol. The van der Waals surface area contributed by atoms with E-state index in [0.717, 1.165) is 13.4 Å². The monoisotopic (exact) mass is 392 g/mol. The number of pyridine rings is 1. The van der Waals surface area contributed by atoms with E-state index in [1.807, 2.05) is 0 Å². The number of anilines is 1. The SMILES string of the molecule is COC(=O)c1nc(-c2ccc(Cl)c(S(C)(=O)=O)c2F)cc(N)c1Cl. The van der Waals surface area contributed by atoms with E-state index in [1.54, 1.807) is 0 Å². The van der Waals surface area contributed by atoms with Crippen molar-refractivity contribution in [3.05, 3.63) is 39.8 Å². The Balaban J connectivity index is 2.79. The van der Waals surface area contributed by atoms with Crippen molar-refractivity contribution in [1.29, 1.82) is 0 Å². The van der Waals surface area contributed by atoms with Crippen LogP contribution in [0.5, 0.6) is 0 Å².